The fraction of sp³-hybridized carbons (Fsp3) is 0.708. The van der Waals surface area contributed by atoms with Gasteiger partial charge in [-0.2, -0.15) is 0 Å². The lowest BCUT2D eigenvalue weighted by molar-refractivity contribution is -0.890. The van der Waals surface area contributed by atoms with Crippen molar-refractivity contribution in [2.45, 2.75) is 84.2 Å². The number of esters is 1. The normalized spacial score (nSPS) is 11.1. The molecule has 0 saturated heterocycles. The summed E-state index contributed by atoms with van der Waals surface area (Å²) in [7, 11) is 4.44. The summed E-state index contributed by atoms with van der Waals surface area (Å²) < 4.78 is 6.28. The summed E-state index contributed by atoms with van der Waals surface area (Å²) in [5, 5.41) is 0. The van der Waals surface area contributed by atoms with Gasteiger partial charge >= 0.3 is 5.97 Å². The van der Waals surface area contributed by atoms with E-state index in [4.69, 9.17) is 4.74 Å². The summed E-state index contributed by atoms with van der Waals surface area (Å²) in [5.74, 6) is -0.0897. The van der Waals surface area contributed by atoms with E-state index in [-0.39, 0.29) is 10.7 Å². The zero-order valence-electron chi connectivity index (χ0n) is 18.4. The molecule has 0 spiro atoms. The van der Waals surface area contributed by atoms with Gasteiger partial charge in [0.1, 0.15) is 6.61 Å². The Kier molecular flexibility index (Phi) is 15.7. The Morgan fingerprint density at radius 1 is 0.821 bits per heavy atom. The van der Waals surface area contributed by atoms with E-state index in [1.54, 1.807) is 0 Å². The zero-order valence-corrected chi connectivity index (χ0v) is 18.4. The van der Waals surface area contributed by atoms with Crippen LogP contribution in [0.3, 0.4) is 0 Å². The van der Waals surface area contributed by atoms with Crippen LogP contribution in [0.15, 0.2) is 30.3 Å². The van der Waals surface area contributed by atoms with Gasteiger partial charge in [0.15, 0.2) is 0 Å². The lowest BCUT2D eigenvalue weighted by Crippen LogP contribution is -3.00. The Balaban J connectivity index is 0.00000729. The zero-order chi connectivity index (χ0) is 19.8. The molecule has 0 bridgehead atoms. The van der Waals surface area contributed by atoms with E-state index < -0.39 is 0 Å². The van der Waals surface area contributed by atoms with Crippen LogP contribution in [0.25, 0.3) is 0 Å². The van der Waals surface area contributed by atoms with Crippen LogP contribution in [0.2, 0.25) is 0 Å². The van der Waals surface area contributed by atoms with Gasteiger partial charge in [0, 0.05) is 0 Å². The van der Waals surface area contributed by atoms with Crippen molar-refractivity contribution in [3.05, 3.63) is 35.9 Å². The van der Waals surface area contributed by atoms with Gasteiger partial charge in [0.05, 0.1) is 33.6 Å². The van der Waals surface area contributed by atoms with Crippen LogP contribution in [0.4, 0.5) is 0 Å². The summed E-state index contributed by atoms with van der Waals surface area (Å²) in [4.78, 5) is 12.0. The van der Waals surface area contributed by atoms with Crippen molar-refractivity contribution in [3.63, 3.8) is 0 Å². The molecule has 0 aliphatic heterocycles. The number of carbonyl (C=O) groups is 1. The van der Waals surface area contributed by atoms with Crippen LogP contribution in [-0.4, -0.2) is 37.6 Å². The van der Waals surface area contributed by atoms with Gasteiger partial charge in [0.25, 0.3) is 0 Å². The Morgan fingerprint density at radius 2 is 1.36 bits per heavy atom. The predicted molar refractivity (Wildman–Crippen MR) is 115 cm³/mol. The molecule has 1 aromatic rings. The minimum Gasteiger partial charge on any atom is -1.00 e. The highest BCUT2D eigenvalue weighted by molar-refractivity contribution is 5.69. The third-order valence-corrected chi connectivity index (χ3v) is 5.28. The minimum atomic E-state index is -0.0897. The van der Waals surface area contributed by atoms with Crippen molar-refractivity contribution < 1.29 is 18.7 Å². The number of quaternary nitrogens is 1. The molecule has 0 aromatic heterocycles. The molecular formula is C24H42FNO2. The van der Waals surface area contributed by atoms with Crippen molar-refractivity contribution >= 4 is 5.97 Å². The first-order valence-corrected chi connectivity index (χ1v) is 11.0. The van der Waals surface area contributed by atoms with Crippen LogP contribution >= 0.6 is 0 Å². The average Bonchev–Trinajstić information content (AvgIpc) is 2.67. The first-order chi connectivity index (χ1) is 13.0. The van der Waals surface area contributed by atoms with Gasteiger partial charge in [-0.05, 0) is 18.4 Å². The number of unbranched alkanes of at least 4 members (excludes halogenated alkanes) is 9. The molecule has 0 amide bonds. The van der Waals surface area contributed by atoms with Gasteiger partial charge in [0.2, 0.25) is 0 Å². The Bertz CT molecular complexity index is 491. The predicted octanol–water partition coefficient (Wildman–Crippen LogP) is 3.12. The van der Waals surface area contributed by atoms with Gasteiger partial charge in [-0.25, -0.2) is 0 Å². The maximum atomic E-state index is 12.0. The fourth-order valence-corrected chi connectivity index (χ4v) is 3.34. The summed E-state index contributed by atoms with van der Waals surface area (Å²) in [5.41, 5.74) is 1.05. The van der Waals surface area contributed by atoms with Gasteiger partial charge in [-0.1, -0.05) is 88.6 Å². The molecule has 1 rings (SSSR count). The lowest BCUT2D eigenvalue weighted by Gasteiger charge is -2.29. The molecule has 162 valence electrons. The van der Waals surface area contributed by atoms with E-state index in [9.17, 15) is 4.79 Å². The number of nitrogens with zero attached hydrogens (tertiary/aromatic N) is 1. The molecular weight excluding hydrogens is 353 g/mol. The Hall–Kier alpha value is -1.42. The highest BCUT2D eigenvalue weighted by Gasteiger charge is 2.17. The molecule has 0 heterocycles. The molecule has 0 N–H and O–H groups in total. The largest absolute Gasteiger partial charge is 1.00 e. The third-order valence-electron chi connectivity index (χ3n) is 5.28. The van der Waals surface area contributed by atoms with Crippen molar-refractivity contribution in [2.24, 2.45) is 0 Å². The number of hydrogen-bond donors (Lipinski definition) is 0. The van der Waals surface area contributed by atoms with Crippen LogP contribution in [0.5, 0.6) is 0 Å². The smallest absolute Gasteiger partial charge is 0.311 e. The SMILES string of the molecule is CCCCCCCCCCCC[N+](C)(C)CCC(=O)OCc1ccccc1.[F-]. The Labute approximate surface area is 172 Å². The fourth-order valence-electron chi connectivity index (χ4n) is 3.34. The maximum Gasteiger partial charge on any atom is 0.311 e. The first-order valence-electron chi connectivity index (χ1n) is 11.0. The molecule has 0 atom stereocenters. The number of rotatable bonds is 16. The van der Waals surface area contributed by atoms with E-state index in [1.807, 2.05) is 30.3 Å². The molecule has 28 heavy (non-hydrogen) atoms. The van der Waals surface area contributed by atoms with Crippen LogP contribution in [-0.2, 0) is 16.1 Å². The number of benzene rings is 1. The third kappa shape index (κ3) is 14.6. The molecule has 0 aliphatic rings. The topological polar surface area (TPSA) is 26.3 Å². The Morgan fingerprint density at radius 3 is 1.93 bits per heavy atom. The summed E-state index contributed by atoms with van der Waals surface area (Å²) in [6.07, 6.45) is 14.2. The first kappa shape index (κ1) is 26.6. The highest BCUT2D eigenvalue weighted by atomic mass is 19.0. The lowest BCUT2D eigenvalue weighted by atomic mass is 10.1. The monoisotopic (exact) mass is 395 g/mol. The van der Waals surface area contributed by atoms with Gasteiger partial charge < -0.3 is 13.9 Å². The number of halogens is 1. The average molecular weight is 396 g/mol. The van der Waals surface area contributed by atoms with E-state index in [0.717, 1.165) is 23.1 Å². The van der Waals surface area contributed by atoms with E-state index in [2.05, 4.69) is 21.0 Å². The molecule has 3 nitrogen and oxygen atoms in total. The summed E-state index contributed by atoms with van der Waals surface area (Å²) in [6.45, 7) is 4.65. The molecule has 0 unspecified atom stereocenters. The highest BCUT2D eigenvalue weighted by Crippen LogP contribution is 2.12. The van der Waals surface area contributed by atoms with Crippen LogP contribution < -0.4 is 4.70 Å². The minimum absolute atomic E-state index is 0. The summed E-state index contributed by atoms with van der Waals surface area (Å²) >= 11 is 0. The van der Waals surface area contributed by atoms with E-state index >= 15 is 0 Å². The van der Waals surface area contributed by atoms with E-state index in [1.165, 1.54) is 64.2 Å². The standard InChI is InChI=1S/C24H42NO2.FH/c1-4-5-6-7-8-9-10-11-12-16-20-25(2,3)21-19-24(26)27-22-23-17-14-13-15-18-23;/h13-15,17-18H,4-12,16,19-22H2,1-3H3;1H/q+1;/p-1. The van der Waals surface area contributed by atoms with Crippen LogP contribution in [0.1, 0.15) is 83.1 Å². The van der Waals surface area contributed by atoms with Crippen LogP contribution in [0, 0.1) is 0 Å². The number of carbonyl (C=O) groups excluding carboxylic acids is 1. The summed E-state index contributed by atoms with van der Waals surface area (Å²) in [6, 6.07) is 9.88. The second-order valence-electron chi connectivity index (χ2n) is 8.46. The van der Waals surface area contributed by atoms with Gasteiger partial charge in [-0.15, -0.1) is 0 Å². The van der Waals surface area contributed by atoms with E-state index in [0.29, 0.717) is 13.0 Å². The van der Waals surface area contributed by atoms with Gasteiger partial charge in [-0.3, -0.25) is 4.79 Å². The number of ether oxygens (including phenoxy) is 1. The number of hydrogen-bond acceptors (Lipinski definition) is 2. The molecule has 4 heteroatoms. The second-order valence-corrected chi connectivity index (χ2v) is 8.46. The van der Waals surface area contributed by atoms with Crippen molar-refractivity contribution in [3.8, 4) is 0 Å². The van der Waals surface area contributed by atoms with Crippen molar-refractivity contribution in [1.29, 1.82) is 0 Å². The second kappa shape index (κ2) is 16.5. The molecule has 0 radical (unpaired) electrons. The van der Waals surface area contributed by atoms with Crippen molar-refractivity contribution in [2.75, 3.05) is 27.2 Å². The maximum absolute atomic E-state index is 12.0. The molecule has 0 saturated carbocycles. The quantitative estimate of drug-likeness (QED) is 0.244. The molecule has 1 aromatic carbocycles. The van der Waals surface area contributed by atoms with Crippen molar-refractivity contribution in [1.82, 2.24) is 0 Å². The molecule has 0 aliphatic carbocycles. The molecule has 0 fully saturated rings.